The van der Waals surface area contributed by atoms with Crippen LogP contribution < -0.4 is 5.32 Å². The highest BCUT2D eigenvalue weighted by atomic mass is 32.2. The molecule has 0 spiro atoms. The van der Waals surface area contributed by atoms with Gasteiger partial charge in [-0.1, -0.05) is 6.07 Å². The molecule has 116 valence electrons. The smallest absolute Gasteiger partial charge is 0.257 e. The predicted octanol–water partition coefficient (Wildman–Crippen LogP) is 2.31. The lowest BCUT2D eigenvalue weighted by molar-refractivity contribution is 0.100. The lowest BCUT2D eigenvalue weighted by Gasteiger charge is -2.07. The van der Waals surface area contributed by atoms with Crippen molar-refractivity contribution in [2.45, 2.75) is 18.7 Å². The van der Waals surface area contributed by atoms with E-state index in [1.165, 1.54) is 19.1 Å². The summed E-state index contributed by atoms with van der Waals surface area (Å²) < 4.78 is 23.2. The summed E-state index contributed by atoms with van der Waals surface area (Å²) in [5.41, 5.74) is 1.18. The standard InChI is InChI=1S/C14H14N2O4S2/c1-8-4-5-10(22(3,19)20)6-11(8)13(18)16-14-15-12(7-21-14)9(2)17/h4-7H,1-3H3,(H,15,16,18). The second kappa shape index (κ2) is 5.98. The molecule has 1 aromatic carbocycles. The van der Waals surface area contributed by atoms with Gasteiger partial charge in [-0.3, -0.25) is 14.9 Å². The van der Waals surface area contributed by atoms with E-state index in [0.29, 0.717) is 10.7 Å². The minimum absolute atomic E-state index is 0.0758. The molecule has 0 atom stereocenters. The van der Waals surface area contributed by atoms with Gasteiger partial charge in [-0.2, -0.15) is 0 Å². The number of nitrogens with one attached hydrogen (secondary N) is 1. The molecule has 2 rings (SSSR count). The number of thiazole rings is 1. The van der Waals surface area contributed by atoms with Crippen molar-refractivity contribution in [1.29, 1.82) is 0 Å². The lowest BCUT2D eigenvalue weighted by atomic mass is 10.1. The highest BCUT2D eigenvalue weighted by Gasteiger charge is 2.16. The molecular formula is C14H14N2O4S2. The number of anilines is 1. The van der Waals surface area contributed by atoms with Crippen LogP contribution in [0.4, 0.5) is 5.13 Å². The number of carbonyl (C=O) groups excluding carboxylic acids is 2. The molecule has 0 radical (unpaired) electrons. The predicted molar refractivity (Wildman–Crippen MR) is 84.4 cm³/mol. The van der Waals surface area contributed by atoms with Crippen LogP contribution in [0.1, 0.15) is 33.3 Å². The van der Waals surface area contributed by atoms with Crippen molar-refractivity contribution in [3.63, 3.8) is 0 Å². The summed E-state index contributed by atoms with van der Waals surface area (Å²) in [6, 6.07) is 4.37. The van der Waals surface area contributed by atoms with E-state index in [2.05, 4.69) is 10.3 Å². The van der Waals surface area contributed by atoms with E-state index < -0.39 is 15.7 Å². The Balaban J connectivity index is 2.30. The van der Waals surface area contributed by atoms with Crippen LogP contribution in [0.15, 0.2) is 28.5 Å². The molecule has 2 aromatic rings. The number of amides is 1. The summed E-state index contributed by atoms with van der Waals surface area (Å²) in [6.45, 7) is 3.10. The first-order valence-electron chi connectivity index (χ1n) is 6.27. The van der Waals surface area contributed by atoms with Crippen LogP contribution in [0.2, 0.25) is 0 Å². The molecule has 1 heterocycles. The number of hydrogen-bond acceptors (Lipinski definition) is 6. The fourth-order valence-electron chi connectivity index (χ4n) is 1.73. The third kappa shape index (κ3) is 3.58. The second-order valence-corrected chi connectivity index (χ2v) is 7.67. The Morgan fingerprint density at radius 2 is 1.95 bits per heavy atom. The minimum atomic E-state index is -3.39. The SMILES string of the molecule is CC(=O)c1csc(NC(=O)c2cc(S(C)(=O)=O)ccc2C)n1. The van der Waals surface area contributed by atoms with Crippen molar-refractivity contribution in [3.8, 4) is 0 Å². The van der Waals surface area contributed by atoms with Gasteiger partial charge < -0.3 is 0 Å². The number of aromatic nitrogens is 1. The molecule has 0 bridgehead atoms. The molecule has 1 amide bonds. The summed E-state index contributed by atoms with van der Waals surface area (Å²) >= 11 is 1.13. The molecule has 1 aromatic heterocycles. The first kappa shape index (κ1) is 16.3. The molecule has 0 fully saturated rings. The minimum Gasteiger partial charge on any atom is -0.298 e. The zero-order valence-electron chi connectivity index (χ0n) is 12.2. The van der Waals surface area contributed by atoms with Gasteiger partial charge in [0.25, 0.3) is 5.91 Å². The van der Waals surface area contributed by atoms with E-state index in [1.54, 1.807) is 18.4 Å². The number of sulfone groups is 1. The number of Topliss-reactive ketones (excluding diaryl/α,β-unsaturated/α-hetero) is 1. The topological polar surface area (TPSA) is 93.2 Å². The first-order valence-corrected chi connectivity index (χ1v) is 9.04. The molecule has 0 saturated heterocycles. The maximum atomic E-state index is 12.3. The third-order valence-electron chi connectivity index (χ3n) is 2.97. The number of aryl methyl sites for hydroxylation is 1. The van der Waals surface area contributed by atoms with E-state index in [1.807, 2.05) is 0 Å². The Morgan fingerprint density at radius 3 is 2.50 bits per heavy atom. The summed E-state index contributed by atoms with van der Waals surface area (Å²) in [5, 5.41) is 4.42. The number of hydrogen-bond donors (Lipinski definition) is 1. The summed E-state index contributed by atoms with van der Waals surface area (Å²) in [4.78, 5) is 27.5. The number of carbonyl (C=O) groups is 2. The van der Waals surface area contributed by atoms with Crippen LogP contribution in [0, 0.1) is 6.92 Å². The maximum Gasteiger partial charge on any atom is 0.257 e. The second-order valence-electron chi connectivity index (χ2n) is 4.80. The average molecular weight is 338 g/mol. The summed E-state index contributed by atoms with van der Waals surface area (Å²) in [5.74, 6) is -0.653. The Kier molecular flexibility index (Phi) is 4.43. The monoisotopic (exact) mass is 338 g/mol. The number of rotatable bonds is 4. The van der Waals surface area contributed by atoms with Gasteiger partial charge in [0, 0.05) is 24.1 Å². The largest absolute Gasteiger partial charge is 0.298 e. The maximum absolute atomic E-state index is 12.3. The molecule has 1 N–H and O–H groups in total. The van der Waals surface area contributed by atoms with Gasteiger partial charge in [-0.25, -0.2) is 13.4 Å². The molecule has 0 aliphatic rings. The number of ketones is 1. The van der Waals surface area contributed by atoms with E-state index in [4.69, 9.17) is 0 Å². The zero-order chi connectivity index (χ0) is 16.5. The first-order chi connectivity index (χ1) is 10.2. The molecule has 0 unspecified atom stereocenters. The molecule has 6 nitrogen and oxygen atoms in total. The zero-order valence-corrected chi connectivity index (χ0v) is 13.8. The highest BCUT2D eigenvalue weighted by molar-refractivity contribution is 7.90. The van der Waals surface area contributed by atoms with Crippen molar-refractivity contribution in [2.24, 2.45) is 0 Å². The van der Waals surface area contributed by atoms with Gasteiger partial charge >= 0.3 is 0 Å². The molecule has 0 saturated carbocycles. The van der Waals surface area contributed by atoms with E-state index in [-0.39, 0.29) is 21.9 Å². The van der Waals surface area contributed by atoms with E-state index >= 15 is 0 Å². The van der Waals surface area contributed by atoms with Crippen LogP contribution >= 0.6 is 11.3 Å². The van der Waals surface area contributed by atoms with Crippen molar-refractivity contribution in [1.82, 2.24) is 4.98 Å². The number of nitrogens with zero attached hydrogens (tertiary/aromatic N) is 1. The van der Waals surface area contributed by atoms with Crippen molar-refractivity contribution < 1.29 is 18.0 Å². The Hall–Kier alpha value is -2.06. The van der Waals surface area contributed by atoms with E-state index in [0.717, 1.165) is 17.6 Å². The highest BCUT2D eigenvalue weighted by Crippen LogP contribution is 2.20. The molecule has 0 aliphatic carbocycles. The van der Waals surface area contributed by atoms with Gasteiger partial charge in [0.1, 0.15) is 5.69 Å². The van der Waals surface area contributed by atoms with Crippen LogP contribution in [0.25, 0.3) is 0 Å². The molecule has 22 heavy (non-hydrogen) atoms. The van der Waals surface area contributed by atoms with Gasteiger partial charge in [0.15, 0.2) is 20.8 Å². The van der Waals surface area contributed by atoms with Gasteiger partial charge in [0.2, 0.25) is 0 Å². The van der Waals surface area contributed by atoms with Crippen LogP contribution in [-0.2, 0) is 9.84 Å². The number of benzene rings is 1. The Bertz CT molecular complexity index is 853. The fraction of sp³-hybridized carbons (Fsp3) is 0.214. The van der Waals surface area contributed by atoms with Crippen molar-refractivity contribution in [3.05, 3.63) is 40.4 Å². The molecule has 8 heteroatoms. The van der Waals surface area contributed by atoms with Gasteiger partial charge in [0.05, 0.1) is 4.90 Å². The van der Waals surface area contributed by atoms with Crippen LogP contribution in [0.5, 0.6) is 0 Å². The average Bonchev–Trinajstić information content (AvgIpc) is 2.86. The Morgan fingerprint density at radius 1 is 1.27 bits per heavy atom. The molecule has 0 aliphatic heterocycles. The summed E-state index contributed by atoms with van der Waals surface area (Å²) in [6.07, 6.45) is 1.08. The van der Waals surface area contributed by atoms with Crippen molar-refractivity contribution in [2.75, 3.05) is 11.6 Å². The quantitative estimate of drug-likeness (QED) is 0.864. The Labute approximate surface area is 132 Å². The van der Waals surface area contributed by atoms with Crippen molar-refractivity contribution >= 4 is 38.0 Å². The van der Waals surface area contributed by atoms with E-state index in [9.17, 15) is 18.0 Å². The van der Waals surface area contributed by atoms with Crippen LogP contribution in [0.3, 0.4) is 0 Å². The van der Waals surface area contributed by atoms with Gasteiger partial charge in [-0.05, 0) is 24.6 Å². The normalized spacial score (nSPS) is 11.2. The molecular weight excluding hydrogens is 324 g/mol. The van der Waals surface area contributed by atoms with Crippen LogP contribution in [-0.4, -0.2) is 31.3 Å². The van der Waals surface area contributed by atoms with Gasteiger partial charge in [-0.15, -0.1) is 11.3 Å². The third-order valence-corrected chi connectivity index (χ3v) is 4.84. The lowest BCUT2D eigenvalue weighted by Crippen LogP contribution is -2.14. The summed E-state index contributed by atoms with van der Waals surface area (Å²) in [7, 11) is -3.39. The fourth-order valence-corrected chi connectivity index (χ4v) is 3.13.